The van der Waals surface area contributed by atoms with Crippen molar-refractivity contribution in [1.29, 1.82) is 0 Å². The van der Waals surface area contributed by atoms with Crippen LogP contribution in [-0.4, -0.2) is 71.4 Å². The number of nitrogens with one attached hydrogen (secondary N) is 1. The number of hydrogen-bond donors (Lipinski definition) is 3. The number of aromatic nitrogens is 1. The summed E-state index contributed by atoms with van der Waals surface area (Å²) in [4.78, 5) is 29.5. The minimum Gasteiger partial charge on any atom is -0.475 e. The molecule has 0 aromatic carbocycles. The van der Waals surface area contributed by atoms with Crippen LogP contribution >= 0.6 is 0 Å². The SMILES string of the molecule is N[C@@H]1CCN(C(=O)NC2CCN(c3ccccn3)CC2)C1.O=C(O)C(F)(F)F. The number of halogens is 3. The molecule has 3 rings (SSSR count). The number of rotatable bonds is 2. The van der Waals surface area contributed by atoms with E-state index in [4.69, 9.17) is 15.6 Å². The molecule has 2 amide bonds. The van der Waals surface area contributed by atoms with E-state index in [0.29, 0.717) is 6.54 Å². The van der Waals surface area contributed by atoms with Gasteiger partial charge in [0, 0.05) is 44.5 Å². The third kappa shape index (κ3) is 6.55. The maximum atomic E-state index is 12.1. The Balaban J connectivity index is 0.000000345. The molecule has 1 aromatic heterocycles. The monoisotopic (exact) mass is 403 g/mol. The number of amides is 2. The average Bonchev–Trinajstić information content (AvgIpc) is 3.09. The van der Waals surface area contributed by atoms with Crippen molar-refractivity contribution in [2.45, 2.75) is 37.5 Å². The average molecular weight is 403 g/mol. The van der Waals surface area contributed by atoms with Gasteiger partial charge < -0.3 is 26.0 Å². The van der Waals surface area contributed by atoms with Gasteiger partial charge in [-0.2, -0.15) is 13.2 Å². The second kappa shape index (κ2) is 9.58. The van der Waals surface area contributed by atoms with Crippen LogP contribution in [0.2, 0.25) is 0 Å². The van der Waals surface area contributed by atoms with Gasteiger partial charge in [-0.05, 0) is 31.4 Å². The number of carboxylic acids is 1. The van der Waals surface area contributed by atoms with Gasteiger partial charge in [0.05, 0.1) is 0 Å². The van der Waals surface area contributed by atoms with Crippen LogP contribution in [-0.2, 0) is 4.79 Å². The molecule has 0 radical (unpaired) electrons. The molecule has 2 aliphatic heterocycles. The van der Waals surface area contributed by atoms with Crippen molar-refractivity contribution in [1.82, 2.24) is 15.2 Å². The molecule has 2 fully saturated rings. The lowest BCUT2D eigenvalue weighted by atomic mass is 10.1. The summed E-state index contributed by atoms with van der Waals surface area (Å²) in [7, 11) is 0. The van der Waals surface area contributed by atoms with Gasteiger partial charge in [-0.1, -0.05) is 6.07 Å². The zero-order valence-electron chi connectivity index (χ0n) is 15.2. The zero-order chi connectivity index (χ0) is 20.7. The van der Waals surface area contributed by atoms with Crippen molar-refractivity contribution < 1.29 is 27.9 Å². The molecule has 0 unspecified atom stereocenters. The normalized spacial score (nSPS) is 20.4. The van der Waals surface area contributed by atoms with E-state index in [-0.39, 0.29) is 18.1 Å². The number of hydrogen-bond acceptors (Lipinski definition) is 5. The largest absolute Gasteiger partial charge is 0.490 e. The van der Waals surface area contributed by atoms with Crippen molar-refractivity contribution >= 4 is 17.8 Å². The number of nitrogens with two attached hydrogens (primary N) is 1. The van der Waals surface area contributed by atoms with Gasteiger partial charge in [-0.25, -0.2) is 14.6 Å². The van der Waals surface area contributed by atoms with Gasteiger partial charge in [0.1, 0.15) is 5.82 Å². The number of nitrogens with zero attached hydrogens (tertiary/aromatic N) is 3. The highest BCUT2D eigenvalue weighted by Gasteiger charge is 2.38. The molecular weight excluding hydrogens is 379 g/mol. The maximum Gasteiger partial charge on any atom is 0.490 e. The van der Waals surface area contributed by atoms with E-state index in [1.807, 2.05) is 29.3 Å². The van der Waals surface area contributed by atoms with Gasteiger partial charge in [-0.3, -0.25) is 0 Å². The Morgan fingerprint density at radius 1 is 1.18 bits per heavy atom. The molecule has 2 aliphatic rings. The predicted molar refractivity (Wildman–Crippen MR) is 95.9 cm³/mol. The molecule has 8 nitrogen and oxygen atoms in total. The van der Waals surface area contributed by atoms with E-state index >= 15 is 0 Å². The Bertz CT molecular complexity index is 651. The molecule has 0 bridgehead atoms. The summed E-state index contributed by atoms with van der Waals surface area (Å²) in [5.41, 5.74) is 5.84. The summed E-state index contributed by atoms with van der Waals surface area (Å²) in [6, 6.07) is 6.41. The van der Waals surface area contributed by atoms with Crippen LogP contribution in [0.3, 0.4) is 0 Å². The lowest BCUT2D eigenvalue weighted by Gasteiger charge is -2.33. The minimum absolute atomic E-state index is 0.0410. The standard InChI is InChI=1S/C15H23N5O.C2HF3O2/c16-12-4-8-20(11-12)15(21)18-13-5-9-19(10-6-13)14-3-1-2-7-17-14;3-2(4,5)1(6)7/h1-3,7,12-13H,4-6,8-11,16H2,(H,18,21);(H,6,7)/t12-;/m1./s1. The highest BCUT2D eigenvalue weighted by molar-refractivity contribution is 5.75. The topological polar surface area (TPSA) is 112 Å². The molecule has 0 saturated carbocycles. The molecule has 0 spiro atoms. The highest BCUT2D eigenvalue weighted by Crippen LogP contribution is 2.18. The Hall–Kier alpha value is -2.56. The quantitative estimate of drug-likeness (QED) is 0.689. The summed E-state index contributed by atoms with van der Waals surface area (Å²) in [5, 5.41) is 10.3. The Morgan fingerprint density at radius 3 is 2.29 bits per heavy atom. The molecular formula is C17H24F3N5O3. The first-order chi connectivity index (χ1) is 13.2. The van der Waals surface area contributed by atoms with Crippen LogP contribution in [0.25, 0.3) is 0 Å². The lowest BCUT2D eigenvalue weighted by molar-refractivity contribution is -0.192. The number of alkyl halides is 3. The van der Waals surface area contributed by atoms with Crippen molar-refractivity contribution in [3.05, 3.63) is 24.4 Å². The van der Waals surface area contributed by atoms with Crippen LogP contribution in [0.5, 0.6) is 0 Å². The predicted octanol–water partition coefficient (Wildman–Crippen LogP) is 1.43. The van der Waals surface area contributed by atoms with Gasteiger partial charge in [0.25, 0.3) is 0 Å². The summed E-state index contributed by atoms with van der Waals surface area (Å²) in [5.74, 6) is -1.74. The Labute approximate surface area is 160 Å². The molecule has 11 heteroatoms. The van der Waals surface area contributed by atoms with Crippen LogP contribution in [0.15, 0.2) is 24.4 Å². The molecule has 156 valence electrons. The van der Waals surface area contributed by atoms with Crippen LogP contribution in [0.4, 0.5) is 23.8 Å². The summed E-state index contributed by atoms with van der Waals surface area (Å²) in [6.45, 7) is 3.32. The van der Waals surface area contributed by atoms with E-state index in [1.54, 1.807) is 0 Å². The van der Waals surface area contributed by atoms with E-state index in [9.17, 15) is 18.0 Å². The third-order valence-electron chi connectivity index (χ3n) is 4.55. The fourth-order valence-electron chi connectivity index (χ4n) is 3.03. The number of anilines is 1. The van der Waals surface area contributed by atoms with E-state index < -0.39 is 12.1 Å². The summed E-state index contributed by atoms with van der Waals surface area (Å²) in [6.07, 6.45) is -0.435. The van der Waals surface area contributed by atoms with E-state index in [1.165, 1.54) is 0 Å². The smallest absolute Gasteiger partial charge is 0.475 e. The minimum atomic E-state index is -5.08. The molecule has 1 aromatic rings. The summed E-state index contributed by atoms with van der Waals surface area (Å²) < 4.78 is 31.7. The Kier molecular flexibility index (Phi) is 7.44. The van der Waals surface area contributed by atoms with Gasteiger partial charge >= 0.3 is 18.2 Å². The first-order valence-electron chi connectivity index (χ1n) is 8.94. The number of carbonyl (C=O) groups excluding carboxylic acids is 1. The number of likely N-dealkylation sites (tertiary alicyclic amines) is 1. The van der Waals surface area contributed by atoms with Crippen molar-refractivity contribution in [2.24, 2.45) is 5.73 Å². The van der Waals surface area contributed by atoms with Crippen LogP contribution < -0.4 is 16.0 Å². The lowest BCUT2D eigenvalue weighted by Crippen LogP contribution is -2.49. The number of carboxylic acid groups (broad SMARTS) is 1. The van der Waals surface area contributed by atoms with Crippen molar-refractivity contribution in [2.75, 3.05) is 31.1 Å². The first kappa shape index (κ1) is 21.7. The second-order valence-electron chi connectivity index (χ2n) is 6.70. The van der Waals surface area contributed by atoms with Crippen LogP contribution in [0.1, 0.15) is 19.3 Å². The maximum absolute atomic E-state index is 12.1. The van der Waals surface area contributed by atoms with Gasteiger partial charge in [-0.15, -0.1) is 0 Å². The first-order valence-corrected chi connectivity index (χ1v) is 8.94. The number of urea groups is 1. The number of aliphatic carboxylic acids is 1. The number of piperidine rings is 1. The van der Waals surface area contributed by atoms with Crippen molar-refractivity contribution in [3.8, 4) is 0 Å². The Morgan fingerprint density at radius 2 is 1.82 bits per heavy atom. The van der Waals surface area contributed by atoms with E-state index in [0.717, 1.165) is 44.7 Å². The molecule has 2 saturated heterocycles. The summed E-state index contributed by atoms with van der Waals surface area (Å²) >= 11 is 0. The fraction of sp³-hybridized carbons (Fsp3) is 0.588. The van der Waals surface area contributed by atoms with Crippen molar-refractivity contribution in [3.63, 3.8) is 0 Å². The van der Waals surface area contributed by atoms with Gasteiger partial charge in [0.2, 0.25) is 0 Å². The molecule has 28 heavy (non-hydrogen) atoms. The second-order valence-corrected chi connectivity index (χ2v) is 6.70. The fourth-order valence-corrected chi connectivity index (χ4v) is 3.03. The van der Waals surface area contributed by atoms with E-state index in [2.05, 4.69) is 15.2 Å². The molecule has 0 aliphatic carbocycles. The zero-order valence-corrected chi connectivity index (χ0v) is 15.2. The number of pyridine rings is 1. The molecule has 4 N–H and O–H groups in total. The van der Waals surface area contributed by atoms with Gasteiger partial charge in [0.15, 0.2) is 0 Å². The highest BCUT2D eigenvalue weighted by atomic mass is 19.4. The molecule has 3 heterocycles. The third-order valence-corrected chi connectivity index (χ3v) is 4.55. The molecule has 1 atom stereocenters. The number of carbonyl (C=O) groups is 2. The van der Waals surface area contributed by atoms with Crippen LogP contribution in [0, 0.1) is 0 Å².